The van der Waals surface area contributed by atoms with E-state index in [-0.39, 0.29) is 18.9 Å². The summed E-state index contributed by atoms with van der Waals surface area (Å²) in [6, 6.07) is 21.8. The van der Waals surface area contributed by atoms with Crippen LogP contribution in [0.25, 0.3) is 17.0 Å². The fourth-order valence-electron chi connectivity index (χ4n) is 7.57. The van der Waals surface area contributed by atoms with Crippen LogP contribution in [-0.2, 0) is 22.6 Å². The van der Waals surface area contributed by atoms with E-state index < -0.39 is 18.4 Å². The fraction of sp³-hybridized carbons (Fsp3) is 0.372. The van der Waals surface area contributed by atoms with Crippen molar-refractivity contribution in [1.82, 2.24) is 14.9 Å². The molecule has 51 heavy (non-hydrogen) atoms. The number of nitrogens with zero attached hydrogens (tertiary/aromatic N) is 3. The minimum absolute atomic E-state index is 0.120. The van der Waals surface area contributed by atoms with Crippen molar-refractivity contribution in [3.63, 3.8) is 0 Å². The van der Waals surface area contributed by atoms with Crippen molar-refractivity contribution < 1.29 is 19.5 Å². The summed E-state index contributed by atoms with van der Waals surface area (Å²) in [6.07, 6.45) is 16.9. The molecule has 4 aromatic rings. The third-order valence-corrected chi connectivity index (χ3v) is 10.7. The molecule has 6 rings (SSSR count). The van der Waals surface area contributed by atoms with Crippen LogP contribution in [0.3, 0.4) is 0 Å². The second-order valence-electron chi connectivity index (χ2n) is 14.3. The van der Waals surface area contributed by atoms with Crippen LogP contribution in [0.2, 0.25) is 0 Å². The number of rotatable bonds is 12. The summed E-state index contributed by atoms with van der Waals surface area (Å²) < 4.78 is 0. The highest BCUT2D eigenvalue weighted by molar-refractivity contribution is 5.97. The van der Waals surface area contributed by atoms with Gasteiger partial charge in [0.15, 0.2) is 5.82 Å². The molecule has 1 fully saturated rings. The Morgan fingerprint density at radius 2 is 1.47 bits per heavy atom. The van der Waals surface area contributed by atoms with Crippen LogP contribution in [0.15, 0.2) is 91.3 Å². The molecule has 2 aliphatic carbocycles. The molecule has 1 saturated carbocycles. The zero-order chi connectivity index (χ0) is 35.7. The van der Waals surface area contributed by atoms with E-state index >= 15 is 0 Å². The Bertz CT molecular complexity index is 1830. The summed E-state index contributed by atoms with van der Waals surface area (Å²) in [6.45, 7) is 4.00. The molecule has 8 heteroatoms. The largest absolute Gasteiger partial charge is 0.480 e. The smallest absolute Gasteiger partial charge is 0.323 e. The number of allylic oxidation sites excluding steroid dienone is 2. The van der Waals surface area contributed by atoms with Crippen molar-refractivity contribution in [3.05, 3.63) is 119 Å². The van der Waals surface area contributed by atoms with Crippen molar-refractivity contribution in [3.8, 4) is 11.4 Å². The van der Waals surface area contributed by atoms with Crippen molar-refractivity contribution in [2.75, 3.05) is 11.9 Å². The number of carbonyl (C=O) groups excluding carboxylic acids is 2. The molecule has 0 spiro atoms. The third kappa shape index (κ3) is 9.57. The van der Waals surface area contributed by atoms with Gasteiger partial charge in [-0.1, -0.05) is 86.4 Å². The zero-order valence-corrected chi connectivity index (χ0v) is 29.7. The van der Waals surface area contributed by atoms with Crippen LogP contribution >= 0.6 is 0 Å². The highest BCUT2D eigenvalue weighted by Gasteiger charge is 2.28. The van der Waals surface area contributed by atoms with Gasteiger partial charge in [0.05, 0.1) is 6.42 Å². The number of nitrogens with one attached hydrogen (secondary N) is 1. The first-order valence-corrected chi connectivity index (χ1v) is 18.3. The molecular formula is C43H48N4O4. The number of amides is 2. The second kappa shape index (κ2) is 16.7. The number of aryl methyl sites for hydroxylation is 1. The molecular weight excluding hydrogens is 636 g/mol. The Hall–Kier alpha value is -5.11. The van der Waals surface area contributed by atoms with Crippen LogP contribution in [0.5, 0.6) is 0 Å². The number of hydrogen-bond acceptors (Lipinski definition) is 5. The Kier molecular flexibility index (Phi) is 11.7. The molecule has 0 aliphatic heterocycles. The lowest BCUT2D eigenvalue weighted by Gasteiger charge is -2.35. The molecule has 8 nitrogen and oxygen atoms in total. The number of benzene rings is 3. The topological polar surface area (TPSA) is 112 Å². The maximum atomic E-state index is 13.4. The SMILES string of the molecule is CC[C@H]1CC[C@H](C2CC=C(c3cnc(-c4ccc(CN(CC(=O)O)C(=O)c5ccc(NC(=O)Cc6ccc(C)cc6)cc5)cc4)nc3)CC2)CC1. The summed E-state index contributed by atoms with van der Waals surface area (Å²) in [5, 5.41) is 12.4. The highest BCUT2D eigenvalue weighted by Crippen LogP contribution is 2.41. The summed E-state index contributed by atoms with van der Waals surface area (Å²) in [7, 11) is 0. The Morgan fingerprint density at radius 3 is 2.08 bits per heavy atom. The maximum absolute atomic E-state index is 13.4. The van der Waals surface area contributed by atoms with Crippen LogP contribution in [0, 0.1) is 24.7 Å². The van der Waals surface area contributed by atoms with Gasteiger partial charge in [0.1, 0.15) is 6.54 Å². The fourth-order valence-corrected chi connectivity index (χ4v) is 7.57. The lowest BCUT2D eigenvalue weighted by molar-refractivity contribution is -0.137. The average Bonchev–Trinajstić information content (AvgIpc) is 3.16. The maximum Gasteiger partial charge on any atom is 0.323 e. The summed E-state index contributed by atoms with van der Waals surface area (Å²) in [5.74, 6) is 1.57. The summed E-state index contributed by atoms with van der Waals surface area (Å²) in [4.78, 5) is 48.3. The van der Waals surface area contributed by atoms with Crippen molar-refractivity contribution in [2.24, 2.45) is 17.8 Å². The number of aromatic nitrogens is 2. The standard InChI is InChI=1S/C43H48N4O4/c1-3-30-8-12-33(13-9-30)34-16-18-35(19-17-34)38-25-44-42(45-26-38)36-14-10-32(11-15-36)27-47(28-41(49)50)43(51)37-20-22-39(23-21-37)46-40(48)24-31-6-4-29(2)5-7-31/h4-7,10-11,14-15,18,20-23,25-26,30,33-34H,3,8-9,12-13,16-17,19,24,27-28H2,1-2H3,(H,46,48)(H,49,50)/t30-,33-,34?. The first kappa shape index (κ1) is 35.7. The number of carboxylic acids is 1. The van der Waals surface area contributed by atoms with Gasteiger partial charge < -0.3 is 15.3 Å². The first-order chi connectivity index (χ1) is 24.7. The van der Waals surface area contributed by atoms with Gasteiger partial charge in [-0.15, -0.1) is 0 Å². The van der Waals surface area contributed by atoms with Gasteiger partial charge in [-0.05, 0) is 97.7 Å². The number of hydrogen-bond donors (Lipinski definition) is 2. The van der Waals surface area contributed by atoms with Crippen LogP contribution < -0.4 is 5.32 Å². The quantitative estimate of drug-likeness (QED) is 0.154. The lowest BCUT2D eigenvalue weighted by atomic mass is 9.71. The molecule has 264 valence electrons. The van der Waals surface area contributed by atoms with E-state index in [1.54, 1.807) is 24.3 Å². The minimum atomic E-state index is -1.10. The molecule has 1 atom stereocenters. The Labute approximate surface area is 301 Å². The number of carboxylic acid groups (broad SMARTS) is 1. The molecule has 3 aromatic carbocycles. The molecule has 1 aromatic heterocycles. The highest BCUT2D eigenvalue weighted by atomic mass is 16.4. The van der Waals surface area contributed by atoms with Gasteiger partial charge in [-0.2, -0.15) is 0 Å². The van der Waals surface area contributed by atoms with Crippen molar-refractivity contribution in [1.29, 1.82) is 0 Å². The number of anilines is 1. The molecule has 0 saturated heterocycles. The van der Waals surface area contributed by atoms with Crippen LogP contribution in [0.1, 0.15) is 90.9 Å². The van der Waals surface area contributed by atoms with Gasteiger partial charge in [0.2, 0.25) is 5.91 Å². The van der Waals surface area contributed by atoms with E-state index in [0.717, 1.165) is 58.4 Å². The second-order valence-corrected chi connectivity index (χ2v) is 14.3. The minimum Gasteiger partial charge on any atom is -0.480 e. The van der Waals surface area contributed by atoms with Crippen LogP contribution in [-0.4, -0.2) is 44.3 Å². The molecule has 2 aliphatic rings. The lowest BCUT2D eigenvalue weighted by Crippen LogP contribution is -2.35. The molecule has 0 radical (unpaired) electrons. The number of aliphatic carboxylic acids is 1. The number of carbonyl (C=O) groups is 3. The average molecular weight is 685 g/mol. The zero-order valence-electron chi connectivity index (χ0n) is 29.7. The monoisotopic (exact) mass is 684 g/mol. The predicted octanol–water partition coefficient (Wildman–Crippen LogP) is 8.76. The molecule has 0 bridgehead atoms. The predicted molar refractivity (Wildman–Crippen MR) is 201 cm³/mol. The van der Waals surface area contributed by atoms with E-state index in [9.17, 15) is 19.5 Å². The summed E-state index contributed by atoms with van der Waals surface area (Å²) >= 11 is 0. The van der Waals surface area contributed by atoms with Crippen molar-refractivity contribution in [2.45, 2.75) is 78.2 Å². The third-order valence-electron chi connectivity index (χ3n) is 10.7. The van der Waals surface area contributed by atoms with E-state index in [2.05, 4.69) is 28.3 Å². The Balaban J connectivity index is 1.03. The van der Waals surface area contributed by atoms with E-state index in [1.165, 1.54) is 49.0 Å². The Morgan fingerprint density at radius 1 is 0.804 bits per heavy atom. The van der Waals surface area contributed by atoms with E-state index in [0.29, 0.717) is 17.1 Å². The van der Waals surface area contributed by atoms with Gasteiger partial charge in [-0.3, -0.25) is 14.4 Å². The van der Waals surface area contributed by atoms with Gasteiger partial charge in [-0.25, -0.2) is 9.97 Å². The molecule has 1 unspecified atom stereocenters. The first-order valence-electron chi connectivity index (χ1n) is 18.3. The van der Waals surface area contributed by atoms with E-state index in [1.807, 2.05) is 67.8 Å². The van der Waals surface area contributed by atoms with Gasteiger partial charge >= 0.3 is 5.97 Å². The van der Waals surface area contributed by atoms with Crippen molar-refractivity contribution >= 4 is 29.0 Å². The van der Waals surface area contributed by atoms with Gasteiger partial charge in [0.25, 0.3) is 5.91 Å². The molecule has 2 amide bonds. The molecule has 1 heterocycles. The van der Waals surface area contributed by atoms with Crippen LogP contribution in [0.4, 0.5) is 5.69 Å². The van der Waals surface area contributed by atoms with Gasteiger partial charge in [0, 0.05) is 41.3 Å². The normalized spacial score (nSPS) is 18.8. The molecule has 2 N–H and O–H groups in total. The van der Waals surface area contributed by atoms with E-state index in [4.69, 9.17) is 0 Å². The summed E-state index contributed by atoms with van der Waals surface area (Å²) in [5.41, 5.74) is 7.00.